The van der Waals surface area contributed by atoms with Gasteiger partial charge < -0.3 is 10.1 Å². The second-order valence-electron chi connectivity index (χ2n) is 6.58. The number of carbonyl (C=O) groups excluding carboxylic acids is 1. The standard InChI is InChI=1S/C19H19Cl2N5O4S2/c1-26(2)32(28,29)16-9-13(5-8-15(16)21)22-18(27)11-31-19-23-17(24-25-19)10-30-14-6-3-12(20)4-7-14/h3-9H,10-11H2,1-2H3,(H,22,27)(H,23,24,25). The van der Waals surface area contributed by atoms with Gasteiger partial charge in [-0.3, -0.25) is 9.89 Å². The Bertz CT molecular complexity index is 1200. The Morgan fingerprint density at radius 3 is 2.59 bits per heavy atom. The van der Waals surface area contributed by atoms with E-state index in [4.69, 9.17) is 27.9 Å². The van der Waals surface area contributed by atoms with Gasteiger partial charge in [-0.15, -0.1) is 5.10 Å². The van der Waals surface area contributed by atoms with Crippen molar-refractivity contribution in [1.82, 2.24) is 19.5 Å². The van der Waals surface area contributed by atoms with Crippen molar-refractivity contribution >= 4 is 56.6 Å². The lowest BCUT2D eigenvalue weighted by Crippen LogP contribution is -2.23. The van der Waals surface area contributed by atoms with Crippen LogP contribution in [0.15, 0.2) is 52.5 Å². The summed E-state index contributed by atoms with van der Waals surface area (Å²) in [5.41, 5.74) is 0.312. The zero-order chi connectivity index (χ0) is 23.3. The Morgan fingerprint density at radius 2 is 1.91 bits per heavy atom. The average molecular weight is 516 g/mol. The van der Waals surface area contributed by atoms with Gasteiger partial charge in [-0.05, 0) is 42.5 Å². The third kappa shape index (κ3) is 6.36. The maximum atomic E-state index is 12.4. The molecule has 0 aliphatic heterocycles. The molecule has 2 aromatic carbocycles. The van der Waals surface area contributed by atoms with Gasteiger partial charge in [0.2, 0.25) is 21.1 Å². The van der Waals surface area contributed by atoms with Crippen LogP contribution >= 0.6 is 35.0 Å². The van der Waals surface area contributed by atoms with E-state index in [9.17, 15) is 13.2 Å². The van der Waals surface area contributed by atoms with Crippen LogP contribution in [0.4, 0.5) is 5.69 Å². The van der Waals surface area contributed by atoms with E-state index in [2.05, 4.69) is 20.5 Å². The van der Waals surface area contributed by atoms with Crippen molar-refractivity contribution in [2.45, 2.75) is 16.7 Å². The maximum absolute atomic E-state index is 12.4. The number of ether oxygens (including phenoxy) is 1. The lowest BCUT2D eigenvalue weighted by Gasteiger charge is -2.14. The van der Waals surface area contributed by atoms with Crippen molar-refractivity contribution in [3.63, 3.8) is 0 Å². The number of carbonyl (C=O) groups is 1. The zero-order valence-corrected chi connectivity index (χ0v) is 20.1. The summed E-state index contributed by atoms with van der Waals surface area (Å²) in [4.78, 5) is 16.5. The highest BCUT2D eigenvalue weighted by Gasteiger charge is 2.21. The largest absolute Gasteiger partial charge is 0.486 e. The molecule has 0 radical (unpaired) electrons. The van der Waals surface area contributed by atoms with Gasteiger partial charge >= 0.3 is 0 Å². The average Bonchev–Trinajstić information content (AvgIpc) is 3.21. The van der Waals surface area contributed by atoms with Crippen LogP contribution in [0.5, 0.6) is 5.75 Å². The molecule has 1 aromatic heterocycles. The van der Waals surface area contributed by atoms with Gasteiger partial charge in [-0.1, -0.05) is 35.0 Å². The third-order valence-corrected chi connectivity index (χ3v) is 7.40. The van der Waals surface area contributed by atoms with Gasteiger partial charge in [0.05, 0.1) is 10.8 Å². The second-order valence-corrected chi connectivity index (χ2v) is 10.5. The van der Waals surface area contributed by atoms with Crippen LogP contribution in [-0.2, 0) is 21.4 Å². The van der Waals surface area contributed by atoms with Crippen molar-refractivity contribution in [3.8, 4) is 5.75 Å². The van der Waals surface area contributed by atoms with Gasteiger partial charge in [0.25, 0.3) is 0 Å². The highest BCUT2D eigenvalue weighted by Crippen LogP contribution is 2.27. The van der Waals surface area contributed by atoms with E-state index >= 15 is 0 Å². The summed E-state index contributed by atoms with van der Waals surface area (Å²) in [7, 11) is -0.940. The number of hydrogen-bond acceptors (Lipinski definition) is 7. The molecule has 0 bridgehead atoms. The lowest BCUT2D eigenvalue weighted by atomic mass is 10.3. The predicted octanol–water partition coefficient (Wildman–Crippen LogP) is 3.67. The van der Waals surface area contributed by atoms with Crippen molar-refractivity contribution in [1.29, 1.82) is 0 Å². The quantitative estimate of drug-likeness (QED) is 0.417. The number of nitrogens with zero attached hydrogens (tertiary/aromatic N) is 3. The van der Waals surface area contributed by atoms with Gasteiger partial charge in [0.1, 0.15) is 17.3 Å². The highest BCUT2D eigenvalue weighted by atomic mass is 35.5. The Hall–Kier alpha value is -2.31. The molecule has 0 saturated carbocycles. The number of amides is 1. The van der Waals surface area contributed by atoms with Crippen LogP contribution in [0.1, 0.15) is 5.82 Å². The first kappa shape index (κ1) is 24.3. The Kier molecular flexibility index (Phi) is 8.01. The summed E-state index contributed by atoms with van der Waals surface area (Å²) in [6, 6.07) is 11.2. The van der Waals surface area contributed by atoms with Crippen LogP contribution in [0, 0.1) is 0 Å². The topological polar surface area (TPSA) is 117 Å². The van der Waals surface area contributed by atoms with Crippen LogP contribution < -0.4 is 10.1 Å². The van der Waals surface area contributed by atoms with E-state index < -0.39 is 10.0 Å². The Morgan fingerprint density at radius 1 is 1.19 bits per heavy atom. The van der Waals surface area contributed by atoms with E-state index in [0.717, 1.165) is 16.1 Å². The number of aromatic amines is 1. The molecule has 2 N–H and O–H groups in total. The molecule has 3 rings (SSSR count). The molecule has 0 aliphatic rings. The SMILES string of the molecule is CN(C)S(=O)(=O)c1cc(NC(=O)CSc2n[nH]c(COc3ccc(Cl)cc3)n2)ccc1Cl. The molecule has 3 aromatic rings. The summed E-state index contributed by atoms with van der Waals surface area (Å²) < 4.78 is 31.3. The fraction of sp³-hybridized carbons (Fsp3) is 0.211. The van der Waals surface area contributed by atoms with E-state index in [-0.39, 0.29) is 28.2 Å². The van der Waals surface area contributed by atoms with Gasteiger partial charge in [-0.2, -0.15) is 0 Å². The third-order valence-electron chi connectivity index (χ3n) is 4.01. The number of rotatable bonds is 9. The van der Waals surface area contributed by atoms with E-state index in [1.807, 2.05) is 0 Å². The predicted molar refractivity (Wildman–Crippen MR) is 124 cm³/mol. The van der Waals surface area contributed by atoms with Gasteiger partial charge in [0.15, 0.2) is 5.82 Å². The number of hydrogen-bond donors (Lipinski definition) is 2. The molecule has 13 heteroatoms. The smallest absolute Gasteiger partial charge is 0.244 e. The zero-order valence-electron chi connectivity index (χ0n) is 17.0. The minimum atomic E-state index is -3.74. The first-order chi connectivity index (χ1) is 15.1. The van der Waals surface area contributed by atoms with Crippen LogP contribution in [0.3, 0.4) is 0 Å². The van der Waals surface area contributed by atoms with Gasteiger partial charge in [0, 0.05) is 24.8 Å². The fourth-order valence-electron chi connectivity index (χ4n) is 2.39. The molecule has 0 fully saturated rings. The number of nitrogens with one attached hydrogen (secondary N) is 2. The molecule has 0 unspecified atom stereocenters. The molecule has 0 aliphatic carbocycles. The summed E-state index contributed by atoms with van der Waals surface area (Å²) >= 11 is 13.0. The number of thioether (sulfide) groups is 1. The molecule has 32 heavy (non-hydrogen) atoms. The normalized spacial score (nSPS) is 11.5. The minimum Gasteiger partial charge on any atom is -0.486 e. The molecule has 170 valence electrons. The van der Waals surface area contributed by atoms with Crippen LogP contribution in [0.25, 0.3) is 0 Å². The fourth-order valence-corrected chi connectivity index (χ4v) is 4.53. The highest BCUT2D eigenvalue weighted by molar-refractivity contribution is 7.99. The second kappa shape index (κ2) is 10.5. The molecule has 0 atom stereocenters. The lowest BCUT2D eigenvalue weighted by molar-refractivity contribution is -0.113. The van der Waals surface area contributed by atoms with E-state index in [1.54, 1.807) is 24.3 Å². The number of sulfonamides is 1. The number of H-pyrrole nitrogens is 1. The van der Waals surface area contributed by atoms with E-state index in [0.29, 0.717) is 27.4 Å². The van der Waals surface area contributed by atoms with Crippen molar-refractivity contribution in [2.24, 2.45) is 0 Å². The van der Waals surface area contributed by atoms with Crippen molar-refractivity contribution in [2.75, 3.05) is 25.2 Å². The van der Waals surface area contributed by atoms with Gasteiger partial charge in [-0.25, -0.2) is 17.7 Å². The number of halogens is 2. The van der Waals surface area contributed by atoms with Crippen LogP contribution in [0.2, 0.25) is 10.0 Å². The molecule has 1 amide bonds. The summed E-state index contributed by atoms with van der Waals surface area (Å²) in [5, 5.41) is 10.5. The molecule has 9 nitrogen and oxygen atoms in total. The first-order valence-electron chi connectivity index (χ1n) is 9.09. The minimum absolute atomic E-state index is 0.0216. The maximum Gasteiger partial charge on any atom is 0.244 e. The number of benzene rings is 2. The number of aromatic nitrogens is 3. The molecular weight excluding hydrogens is 497 g/mol. The number of anilines is 1. The van der Waals surface area contributed by atoms with Crippen molar-refractivity contribution in [3.05, 3.63) is 58.3 Å². The molecular formula is C19H19Cl2N5O4S2. The summed E-state index contributed by atoms with van der Waals surface area (Å²) in [6.45, 7) is 0.176. The summed E-state index contributed by atoms with van der Waals surface area (Å²) in [6.07, 6.45) is 0. The molecule has 0 saturated heterocycles. The monoisotopic (exact) mass is 515 g/mol. The Labute approximate surface area is 199 Å². The van der Waals surface area contributed by atoms with Crippen molar-refractivity contribution < 1.29 is 17.9 Å². The van der Waals surface area contributed by atoms with E-state index in [1.165, 1.54) is 32.3 Å². The Balaban J connectivity index is 1.54. The summed E-state index contributed by atoms with van der Waals surface area (Å²) in [5.74, 6) is 0.805. The van der Waals surface area contributed by atoms with Crippen LogP contribution in [-0.4, -0.2) is 53.7 Å². The first-order valence-corrected chi connectivity index (χ1v) is 12.3. The molecule has 1 heterocycles. The molecule has 0 spiro atoms.